The Labute approximate surface area is 82.0 Å². The molecule has 0 aliphatic carbocycles. The van der Waals surface area contributed by atoms with E-state index in [1.54, 1.807) is 0 Å². The molecule has 0 aromatic carbocycles. The van der Waals surface area contributed by atoms with Crippen LogP contribution in [0.2, 0.25) is 0 Å². The number of alkyl halides is 5. The summed E-state index contributed by atoms with van der Waals surface area (Å²) in [6, 6.07) is -0.530. The second-order valence-electron chi connectivity index (χ2n) is 3.37. The zero-order chi connectivity index (χ0) is 11.9. The first-order valence-electron chi connectivity index (χ1n) is 4.15. The van der Waals surface area contributed by atoms with Gasteiger partial charge in [-0.2, -0.15) is 22.0 Å². The van der Waals surface area contributed by atoms with Crippen LogP contribution >= 0.6 is 0 Å². The van der Waals surface area contributed by atoms with Crippen LogP contribution in [0.15, 0.2) is 0 Å². The third kappa shape index (κ3) is 2.19. The van der Waals surface area contributed by atoms with Crippen molar-refractivity contribution < 1.29 is 26.7 Å². The predicted octanol–water partition coefficient (Wildman–Crippen LogP) is 0.744. The number of likely N-dealkylation sites (tertiary alicyclic amines) is 1. The van der Waals surface area contributed by atoms with Gasteiger partial charge in [-0.25, -0.2) is 0 Å². The van der Waals surface area contributed by atoms with E-state index in [0.29, 0.717) is 4.90 Å². The molecule has 1 rings (SSSR count). The third-order valence-electron chi connectivity index (χ3n) is 2.14. The third-order valence-corrected chi connectivity index (χ3v) is 2.14. The van der Waals surface area contributed by atoms with E-state index in [0.717, 1.165) is 0 Å². The smallest absolute Gasteiger partial charge is 0.336 e. The standard InChI is InChI=1S/C7H9F5N2O/c8-6(9,7(10,11)12)5(15)14-2-1-4(13)3-14/h4H,1-3,13H2/t4-/m1/s1. The molecule has 0 aromatic heterocycles. The summed E-state index contributed by atoms with van der Waals surface area (Å²) in [5.74, 6) is -7.54. The molecule has 3 nitrogen and oxygen atoms in total. The number of carbonyl (C=O) groups excluding carboxylic acids is 1. The van der Waals surface area contributed by atoms with Crippen molar-refractivity contribution in [3.8, 4) is 0 Å². The summed E-state index contributed by atoms with van der Waals surface area (Å²) in [6.07, 6.45) is -5.61. The summed E-state index contributed by atoms with van der Waals surface area (Å²) in [5, 5.41) is 0. The van der Waals surface area contributed by atoms with E-state index in [9.17, 15) is 26.7 Å². The minimum Gasteiger partial charge on any atom is -0.336 e. The molecule has 0 radical (unpaired) electrons. The van der Waals surface area contributed by atoms with Gasteiger partial charge in [-0.15, -0.1) is 0 Å². The van der Waals surface area contributed by atoms with Crippen molar-refractivity contribution in [3.05, 3.63) is 0 Å². The number of amides is 1. The zero-order valence-electron chi connectivity index (χ0n) is 7.52. The van der Waals surface area contributed by atoms with E-state index in [1.807, 2.05) is 0 Å². The highest BCUT2D eigenvalue weighted by molar-refractivity contribution is 5.84. The summed E-state index contributed by atoms with van der Waals surface area (Å²) in [5.41, 5.74) is 5.30. The fourth-order valence-electron chi connectivity index (χ4n) is 1.29. The largest absolute Gasteiger partial charge is 0.463 e. The normalized spacial score (nSPS) is 23.3. The number of hydrogen-bond acceptors (Lipinski definition) is 2. The van der Waals surface area contributed by atoms with Gasteiger partial charge in [0.15, 0.2) is 0 Å². The minimum atomic E-state index is -5.85. The monoisotopic (exact) mass is 232 g/mol. The Hall–Kier alpha value is -0.920. The van der Waals surface area contributed by atoms with Crippen molar-refractivity contribution in [2.75, 3.05) is 13.1 Å². The quantitative estimate of drug-likeness (QED) is 0.678. The van der Waals surface area contributed by atoms with E-state index >= 15 is 0 Å². The van der Waals surface area contributed by atoms with Crippen LogP contribution in [0.3, 0.4) is 0 Å². The zero-order valence-corrected chi connectivity index (χ0v) is 7.52. The minimum absolute atomic E-state index is 0.161. The van der Waals surface area contributed by atoms with Crippen LogP contribution < -0.4 is 5.73 Å². The van der Waals surface area contributed by atoms with Crippen molar-refractivity contribution in [3.63, 3.8) is 0 Å². The van der Waals surface area contributed by atoms with Gasteiger partial charge < -0.3 is 10.6 Å². The van der Waals surface area contributed by atoms with Crippen molar-refractivity contribution >= 4 is 5.91 Å². The highest BCUT2D eigenvalue weighted by Crippen LogP contribution is 2.37. The molecule has 88 valence electrons. The van der Waals surface area contributed by atoms with Gasteiger partial charge in [0.1, 0.15) is 0 Å². The van der Waals surface area contributed by atoms with Gasteiger partial charge in [0, 0.05) is 19.1 Å². The molecule has 1 aliphatic rings. The Morgan fingerprint density at radius 2 is 1.80 bits per heavy atom. The first-order valence-corrected chi connectivity index (χ1v) is 4.15. The number of hydrogen-bond donors (Lipinski definition) is 1. The predicted molar refractivity (Wildman–Crippen MR) is 40.2 cm³/mol. The summed E-state index contributed by atoms with van der Waals surface area (Å²) in [4.78, 5) is 11.3. The average molecular weight is 232 g/mol. The molecular weight excluding hydrogens is 223 g/mol. The average Bonchev–Trinajstić information content (AvgIpc) is 2.48. The second kappa shape index (κ2) is 3.58. The van der Waals surface area contributed by atoms with Crippen LogP contribution in [0.25, 0.3) is 0 Å². The van der Waals surface area contributed by atoms with Crippen LogP contribution in [0, 0.1) is 0 Å². The van der Waals surface area contributed by atoms with Gasteiger partial charge in [0.05, 0.1) is 0 Å². The highest BCUT2D eigenvalue weighted by atomic mass is 19.4. The highest BCUT2D eigenvalue weighted by Gasteiger charge is 2.64. The van der Waals surface area contributed by atoms with E-state index in [4.69, 9.17) is 5.73 Å². The van der Waals surface area contributed by atoms with Crippen LogP contribution in [-0.2, 0) is 4.79 Å². The summed E-state index contributed by atoms with van der Waals surface area (Å²) >= 11 is 0. The Morgan fingerprint density at radius 3 is 2.13 bits per heavy atom. The van der Waals surface area contributed by atoms with E-state index in [1.165, 1.54) is 0 Å². The molecule has 15 heavy (non-hydrogen) atoms. The molecule has 1 heterocycles. The van der Waals surface area contributed by atoms with E-state index in [-0.39, 0.29) is 19.5 Å². The van der Waals surface area contributed by atoms with Crippen molar-refractivity contribution in [1.29, 1.82) is 0 Å². The Balaban J connectivity index is 2.76. The van der Waals surface area contributed by atoms with Gasteiger partial charge in [-0.3, -0.25) is 4.79 Å². The van der Waals surface area contributed by atoms with Crippen molar-refractivity contribution in [1.82, 2.24) is 4.90 Å². The maximum absolute atomic E-state index is 12.5. The van der Waals surface area contributed by atoms with Gasteiger partial charge in [0.25, 0.3) is 0 Å². The fraction of sp³-hybridized carbons (Fsp3) is 0.857. The Kier molecular flexibility index (Phi) is 2.90. The lowest BCUT2D eigenvalue weighted by atomic mass is 10.3. The van der Waals surface area contributed by atoms with E-state index < -0.39 is 24.0 Å². The molecule has 2 N–H and O–H groups in total. The summed E-state index contributed by atoms with van der Waals surface area (Å²) in [7, 11) is 0. The number of halogens is 5. The van der Waals surface area contributed by atoms with Gasteiger partial charge in [0.2, 0.25) is 0 Å². The number of nitrogens with zero attached hydrogens (tertiary/aromatic N) is 1. The molecule has 1 fully saturated rings. The fourth-order valence-corrected chi connectivity index (χ4v) is 1.29. The Bertz CT molecular complexity index is 265. The van der Waals surface area contributed by atoms with Gasteiger partial charge in [-0.1, -0.05) is 0 Å². The molecular formula is C7H9F5N2O. The lowest BCUT2D eigenvalue weighted by Gasteiger charge is -2.24. The lowest BCUT2D eigenvalue weighted by Crippen LogP contribution is -2.51. The second-order valence-corrected chi connectivity index (χ2v) is 3.37. The molecule has 0 bridgehead atoms. The molecule has 8 heteroatoms. The van der Waals surface area contributed by atoms with Crippen molar-refractivity contribution in [2.45, 2.75) is 24.6 Å². The number of carbonyl (C=O) groups is 1. The van der Waals surface area contributed by atoms with Crippen LogP contribution in [0.5, 0.6) is 0 Å². The first-order chi connectivity index (χ1) is 6.66. The van der Waals surface area contributed by atoms with Gasteiger partial charge >= 0.3 is 18.0 Å². The topological polar surface area (TPSA) is 46.3 Å². The number of rotatable bonds is 1. The molecule has 0 spiro atoms. The van der Waals surface area contributed by atoms with E-state index in [2.05, 4.69) is 0 Å². The molecule has 0 aromatic rings. The molecule has 0 saturated carbocycles. The van der Waals surface area contributed by atoms with Gasteiger partial charge in [-0.05, 0) is 6.42 Å². The van der Waals surface area contributed by atoms with Crippen molar-refractivity contribution in [2.24, 2.45) is 5.73 Å². The summed E-state index contributed by atoms with van der Waals surface area (Å²) in [6.45, 7) is -0.420. The first kappa shape index (κ1) is 12.2. The van der Waals surface area contributed by atoms with Crippen LogP contribution in [0.1, 0.15) is 6.42 Å². The maximum Gasteiger partial charge on any atom is 0.463 e. The van der Waals surface area contributed by atoms with Crippen LogP contribution in [-0.4, -0.2) is 42.0 Å². The SMILES string of the molecule is N[C@@H]1CCN(C(=O)C(F)(F)C(F)(F)F)C1. The molecule has 1 amide bonds. The molecule has 1 saturated heterocycles. The maximum atomic E-state index is 12.5. The summed E-state index contributed by atoms with van der Waals surface area (Å²) < 4.78 is 60.5. The van der Waals surface area contributed by atoms with Crippen LogP contribution in [0.4, 0.5) is 22.0 Å². The lowest BCUT2D eigenvalue weighted by molar-refractivity contribution is -0.274. The number of nitrogens with two attached hydrogens (primary N) is 1. The molecule has 1 atom stereocenters. The Morgan fingerprint density at radius 1 is 1.27 bits per heavy atom. The molecule has 1 aliphatic heterocycles. The molecule has 0 unspecified atom stereocenters.